The molecular formula is C11H22N2O5S. The lowest BCUT2D eigenvalue weighted by Crippen LogP contribution is -2.56. The summed E-state index contributed by atoms with van der Waals surface area (Å²) in [5, 5.41) is 9.03. The summed E-state index contributed by atoms with van der Waals surface area (Å²) in [6.45, 7) is 5.86. The molecule has 0 radical (unpaired) electrons. The number of carboxylic acid groups (broad SMARTS) is 1. The zero-order valence-electron chi connectivity index (χ0n) is 11.9. The van der Waals surface area contributed by atoms with Crippen molar-refractivity contribution in [1.29, 1.82) is 0 Å². The molecule has 0 fully saturated rings. The molecule has 1 amide bonds. The fourth-order valence-electron chi connectivity index (χ4n) is 1.36. The van der Waals surface area contributed by atoms with Crippen molar-refractivity contribution >= 4 is 21.9 Å². The van der Waals surface area contributed by atoms with Crippen molar-refractivity contribution in [2.24, 2.45) is 0 Å². The topological polar surface area (TPSA) is 104 Å². The quantitative estimate of drug-likeness (QED) is 0.689. The molecule has 0 aromatic rings. The van der Waals surface area contributed by atoms with Crippen LogP contribution in [-0.2, 0) is 19.6 Å². The molecule has 0 aliphatic carbocycles. The number of likely N-dealkylation sites (N-methyl/N-ethyl adjacent to an activating group) is 1. The second-order valence-electron chi connectivity index (χ2n) is 4.92. The van der Waals surface area contributed by atoms with E-state index in [0.717, 1.165) is 4.90 Å². The van der Waals surface area contributed by atoms with Gasteiger partial charge in [0.25, 0.3) is 0 Å². The van der Waals surface area contributed by atoms with Crippen LogP contribution in [0.4, 0.5) is 0 Å². The van der Waals surface area contributed by atoms with Crippen molar-refractivity contribution in [2.75, 3.05) is 12.8 Å². The Bertz CT molecular complexity index is 444. The van der Waals surface area contributed by atoms with Gasteiger partial charge >= 0.3 is 5.97 Å². The maximum atomic E-state index is 12.0. The van der Waals surface area contributed by atoms with Crippen molar-refractivity contribution in [3.05, 3.63) is 0 Å². The lowest BCUT2D eigenvalue weighted by Gasteiger charge is -2.33. The molecule has 0 aromatic heterocycles. The zero-order chi connectivity index (χ0) is 15.4. The first kappa shape index (κ1) is 17.8. The molecule has 1 unspecified atom stereocenters. The fraction of sp³-hybridized carbons (Fsp3) is 0.818. The van der Waals surface area contributed by atoms with Crippen LogP contribution < -0.4 is 4.72 Å². The third-order valence-corrected chi connectivity index (χ3v) is 4.55. The lowest BCUT2D eigenvalue weighted by molar-refractivity contribution is -0.155. The van der Waals surface area contributed by atoms with Crippen LogP contribution in [0.2, 0.25) is 0 Å². The Morgan fingerprint density at radius 2 is 1.84 bits per heavy atom. The summed E-state index contributed by atoms with van der Waals surface area (Å²) in [6, 6.07) is -1.000. The monoisotopic (exact) mass is 294 g/mol. The highest BCUT2D eigenvalue weighted by atomic mass is 32.2. The van der Waals surface area contributed by atoms with Gasteiger partial charge in [-0.3, -0.25) is 4.79 Å². The number of carbonyl (C=O) groups excluding carboxylic acids is 1. The molecule has 19 heavy (non-hydrogen) atoms. The van der Waals surface area contributed by atoms with Crippen LogP contribution in [-0.4, -0.2) is 54.7 Å². The van der Waals surface area contributed by atoms with E-state index >= 15 is 0 Å². The molecule has 112 valence electrons. The van der Waals surface area contributed by atoms with Crippen molar-refractivity contribution < 1.29 is 23.1 Å². The minimum absolute atomic E-state index is 0.0728. The Labute approximate surface area is 114 Å². The first-order chi connectivity index (χ1) is 8.45. The first-order valence-corrected chi connectivity index (χ1v) is 7.62. The predicted molar refractivity (Wildman–Crippen MR) is 71.2 cm³/mol. The summed E-state index contributed by atoms with van der Waals surface area (Å²) in [7, 11) is -2.19. The van der Waals surface area contributed by atoms with Gasteiger partial charge in [0.1, 0.15) is 5.54 Å². The number of rotatable bonds is 7. The molecule has 0 saturated heterocycles. The predicted octanol–water partition coefficient (Wildman–Crippen LogP) is 0.0259. The van der Waals surface area contributed by atoms with E-state index in [1.807, 2.05) is 0 Å². The summed E-state index contributed by atoms with van der Waals surface area (Å²) in [4.78, 5) is 24.1. The average Bonchev–Trinajstić information content (AvgIpc) is 2.25. The highest BCUT2D eigenvalue weighted by Crippen LogP contribution is 2.14. The smallest absolute Gasteiger partial charge is 0.329 e. The van der Waals surface area contributed by atoms with Crippen molar-refractivity contribution in [3.63, 3.8) is 0 Å². The first-order valence-electron chi connectivity index (χ1n) is 5.96. The molecule has 0 aromatic carbocycles. The minimum Gasteiger partial charge on any atom is -0.480 e. The van der Waals surface area contributed by atoms with E-state index in [0.29, 0.717) is 6.42 Å². The van der Waals surface area contributed by atoms with Crippen LogP contribution >= 0.6 is 0 Å². The van der Waals surface area contributed by atoms with Gasteiger partial charge in [-0.1, -0.05) is 6.92 Å². The van der Waals surface area contributed by atoms with Crippen LogP contribution in [0.5, 0.6) is 0 Å². The molecule has 0 heterocycles. The normalized spacial score (nSPS) is 13.9. The van der Waals surface area contributed by atoms with Gasteiger partial charge in [0.2, 0.25) is 15.9 Å². The molecule has 7 nitrogen and oxygen atoms in total. The summed E-state index contributed by atoms with van der Waals surface area (Å²) in [5.74, 6) is -1.82. The number of aliphatic carboxylic acids is 1. The Morgan fingerprint density at radius 3 is 2.21 bits per heavy atom. The molecule has 0 saturated carbocycles. The van der Waals surface area contributed by atoms with Gasteiger partial charge in [0, 0.05) is 7.05 Å². The highest BCUT2D eigenvalue weighted by molar-refractivity contribution is 7.89. The molecule has 0 bridgehead atoms. The molecule has 1 atom stereocenters. The van der Waals surface area contributed by atoms with E-state index < -0.39 is 33.5 Å². The zero-order valence-corrected chi connectivity index (χ0v) is 12.7. The van der Waals surface area contributed by atoms with Gasteiger partial charge in [-0.05, 0) is 27.2 Å². The van der Waals surface area contributed by atoms with E-state index in [4.69, 9.17) is 5.11 Å². The number of hydrogen-bond acceptors (Lipinski definition) is 4. The lowest BCUT2D eigenvalue weighted by atomic mass is 10.0. The van der Waals surface area contributed by atoms with Gasteiger partial charge < -0.3 is 10.0 Å². The number of nitrogens with zero attached hydrogens (tertiary/aromatic N) is 1. The summed E-state index contributed by atoms with van der Waals surface area (Å²) >= 11 is 0. The Balaban J connectivity index is 4.89. The van der Waals surface area contributed by atoms with Gasteiger partial charge in [-0.2, -0.15) is 0 Å². The third kappa shape index (κ3) is 4.79. The van der Waals surface area contributed by atoms with Crippen molar-refractivity contribution in [2.45, 2.75) is 45.7 Å². The molecule has 2 N–H and O–H groups in total. The average molecular weight is 294 g/mol. The second-order valence-corrected chi connectivity index (χ2v) is 6.79. The van der Waals surface area contributed by atoms with Crippen LogP contribution in [0.25, 0.3) is 0 Å². The standard InChI is InChI=1S/C11H22N2O5S/c1-6-7-19(17,18)12-8(2)9(14)13(5)11(3,4)10(15)16/h8,12H,6-7H2,1-5H3,(H,15,16). The van der Waals surface area contributed by atoms with Crippen LogP contribution in [0.1, 0.15) is 34.1 Å². The van der Waals surface area contributed by atoms with Gasteiger partial charge in [0.05, 0.1) is 11.8 Å². The maximum Gasteiger partial charge on any atom is 0.329 e. The summed E-state index contributed by atoms with van der Waals surface area (Å²) in [6.07, 6.45) is 0.437. The SMILES string of the molecule is CCCS(=O)(=O)NC(C)C(=O)N(C)C(C)(C)C(=O)O. The van der Waals surface area contributed by atoms with Crippen LogP contribution in [0.3, 0.4) is 0 Å². The van der Waals surface area contributed by atoms with Gasteiger partial charge in [0.15, 0.2) is 0 Å². The number of carboxylic acids is 1. The number of carbonyl (C=O) groups is 2. The van der Waals surface area contributed by atoms with Gasteiger partial charge in [-0.25, -0.2) is 17.9 Å². The Hall–Kier alpha value is -1.15. The Kier molecular flexibility index (Phi) is 5.95. The van der Waals surface area contributed by atoms with E-state index in [2.05, 4.69) is 4.72 Å². The minimum atomic E-state index is -3.52. The molecule has 8 heteroatoms. The third-order valence-electron chi connectivity index (χ3n) is 2.89. The second kappa shape index (κ2) is 6.33. The summed E-state index contributed by atoms with van der Waals surface area (Å²) in [5.41, 5.74) is -1.40. The van der Waals surface area contributed by atoms with E-state index in [1.165, 1.54) is 27.8 Å². The fourth-order valence-corrected chi connectivity index (χ4v) is 2.65. The molecule has 0 spiro atoms. The highest BCUT2D eigenvalue weighted by Gasteiger charge is 2.37. The van der Waals surface area contributed by atoms with Crippen molar-refractivity contribution in [1.82, 2.24) is 9.62 Å². The number of amides is 1. The van der Waals surface area contributed by atoms with Crippen molar-refractivity contribution in [3.8, 4) is 0 Å². The number of sulfonamides is 1. The molecule has 0 rings (SSSR count). The van der Waals surface area contributed by atoms with E-state index in [9.17, 15) is 18.0 Å². The molecule has 0 aliphatic rings. The largest absolute Gasteiger partial charge is 0.480 e. The maximum absolute atomic E-state index is 12.0. The number of nitrogens with one attached hydrogen (secondary N) is 1. The van der Waals surface area contributed by atoms with Gasteiger partial charge in [-0.15, -0.1) is 0 Å². The van der Waals surface area contributed by atoms with E-state index in [1.54, 1.807) is 6.92 Å². The van der Waals surface area contributed by atoms with Crippen LogP contribution in [0.15, 0.2) is 0 Å². The molecular weight excluding hydrogens is 272 g/mol. The number of hydrogen-bond donors (Lipinski definition) is 2. The summed E-state index contributed by atoms with van der Waals surface area (Å²) < 4.78 is 25.3. The Morgan fingerprint density at radius 1 is 1.37 bits per heavy atom. The molecule has 0 aliphatic heterocycles. The van der Waals surface area contributed by atoms with Crippen LogP contribution in [0, 0.1) is 0 Å². The van der Waals surface area contributed by atoms with E-state index in [-0.39, 0.29) is 5.75 Å².